The molecule has 0 bridgehead atoms. The summed E-state index contributed by atoms with van der Waals surface area (Å²) < 4.78 is 5.22. The number of esters is 1. The molecule has 2 aromatic rings. The zero-order valence-corrected chi connectivity index (χ0v) is 19.9. The van der Waals surface area contributed by atoms with Crippen LogP contribution in [0.3, 0.4) is 0 Å². The molecule has 0 heterocycles. The van der Waals surface area contributed by atoms with Gasteiger partial charge in [-0.25, -0.2) is 14.4 Å². The van der Waals surface area contributed by atoms with Gasteiger partial charge in [-0.3, -0.25) is 9.59 Å². The number of ketones is 2. The van der Waals surface area contributed by atoms with E-state index in [4.69, 9.17) is 4.74 Å². The Bertz CT molecular complexity index is 1140. The van der Waals surface area contributed by atoms with Gasteiger partial charge in [-0.15, -0.1) is 0 Å². The summed E-state index contributed by atoms with van der Waals surface area (Å²) in [7, 11) is 0. The van der Waals surface area contributed by atoms with Gasteiger partial charge in [0.2, 0.25) is 12.2 Å². The highest BCUT2D eigenvalue weighted by Crippen LogP contribution is 2.23. The number of carbonyl (C=O) groups is 3. The zero-order valence-electron chi connectivity index (χ0n) is 19.9. The Morgan fingerprint density at radius 2 is 1.66 bits per heavy atom. The van der Waals surface area contributed by atoms with Crippen molar-refractivity contribution in [2.24, 2.45) is 15.9 Å². The van der Waals surface area contributed by atoms with Crippen LogP contribution in [0.15, 0.2) is 52.4 Å². The molecule has 2 rings (SSSR count). The van der Waals surface area contributed by atoms with Crippen LogP contribution in [-0.2, 0) is 30.3 Å². The summed E-state index contributed by atoms with van der Waals surface area (Å²) in [5, 5.41) is 0. The fourth-order valence-electron chi connectivity index (χ4n) is 3.55. The van der Waals surface area contributed by atoms with Crippen LogP contribution in [0.1, 0.15) is 60.5 Å². The third-order valence-electron chi connectivity index (χ3n) is 5.58. The minimum Gasteiger partial charge on any atom is -0.462 e. The van der Waals surface area contributed by atoms with Gasteiger partial charge in [-0.2, -0.15) is 9.98 Å². The van der Waals surface area contributed by atoms with Crippen molar-refractivity contribution in [2.45, 2.75) is 52.4 Å². The van der Waals surface area contributed by atoms with Crippen molar-refractivity contribution in [3.8, 4) is 0 Å². The SMILES string of the molecule is CC(=O)C(CC(=O)CCCCCOC(=O)c1ccc(N=C=O)cc1)Cc1ccc(C)c(N=C=O)c1. The second kappa shape index (κ2) is 14.3. The van der Waals surface area contributed by atoms with Crippen LogP contribution in [0.25, 0.3) is 0 Å². The number of benzene rings is 2. The lowest BCUT2D eigenvalue weighted by atomic mass is 9.89. The van der Waals surface area contributed by atoms with Crippen LogP contribution >= 0.6 is 0 Å². The van der Waals surface area contributed by atoms with Crippen molar-refractivity contribution >= 4 is 41.1 Å². The molecule has 0 N–H and O–H groups in total. The minimum absolute atomic E-state index is 0.0125. The first-order chi connectivity index (χ1) is 16.8. The Hall–Kier alpha value is -3.99. The minimum atomic E-state index is -0.467. The van der Waals surface area contributed by atoms with Crippen molar-refractivity contribution < 1.29 is 28.7 Å². The summed E-state index contributed by atoms with van der Waals surface area (Å²) in [6, 6.07) is 11.5. The van der Waals surface area contributed by atoms with Gasteiger partial charge in [-0.1, -0.05) is 12.1 Å². The molecule has 0 aromatic heterocycles. The summed E-state index contributed by atoms with van der Waals surface area (Å²) in [4.78, 5) is 64.5. The smallest absolute Gasteiger partial charge is 0.338 e. The van der Waals surface area contributed by atoms with E-state index in [0.717, 1.165) is 11.1 Å². The van der Waals surface area contributed by atoms with Gasteiger partial charge < -0.3 is 4.74 Å². The molecular weight excluding hydrogens is 448 g/mol. The van der Waals surface area contributed by atoms with Gasteiger partial charge in [0, 0.05) is 18.8 Å². The van der Waals surface area contributed by atoms with Crippen molar-refractivity contribution in [1.29, 1.82) is 0 Å². The van der Waals surface area contributed by atoms with Gasteiger partial charge in [0.05, 0.1) is 23.5 Å². The molecule has 8 nitrogen and oxygen atoms in total. The first kappa shape index (κ1) is 27.3. The summed E-state index contributed by atoms with van der Waals surface area (Å²) in [6.45, 7) is 3.54. The molecule has 35 heavy (non-hydrogen) atoms. The number of hydrogen-bond acceptors (Lipinski definition) is 8. The van der Waals surface area contributed by atoms with Crippen molar-refractivity contribution in [1.82, 2.24) is 0 Å². The van der Waals surface area contributed by atoms with E-state index >= 15 is 0 Å². The summed E-state index contributed by atoms with van der Waals surface area (Å²) in [5.74, 6) is -0.941. The number of Topliss-reactive ketones (excluding diaryl/α,β-unsaturated/α-hetero) is 2. The Kier molecular flexibility index (Phi) is 11.1. The van der Waals surface area contributed by atoms with E-state index in [-0.39, 0.29) is 24.6 Å². The number of aryl methyl sites for hydroxylation is 1. The number of rotatable bonds is 14. The summed E-state index contributed by atoms with van der Waals surface area (Å²) in [6.07, 6.45) is 5.85. The molecule has 0 saturated heterocycles. The average Bonchev–Trinajstić information content (AvgIpc) is 2.83. The molecule has 1 atom stereocenters. The molecular formula is C27H28N2O6. The Labute approximate surface area is 204 Å². The molecule has 0 spiro atoms. The molecule has 8 heteroatoms. The lowest BCUT2D eigenvalue weighted by molar-refractivity contribution is -0.126. The van der Waals surface area contributed by atoms with Gasteiger partial charge in [0.1, 0.15) is 11.6 Å². The number of unbranched alkanes of at least 4 members (excludes halogenated alkanes) is 2. The lowest BCUT2D eigenvalue weighted by Crippen LogP contribution is -2.18. The standard InChI is InChI=1S/C27H28N2O6/c1-19-7-8-21(15-26(19)29-18-31)14-23(20(2)32)16-25(33)6-4-3-5-13-35-27(34)22-9-11-24(12-10-22)28-17-30/h7-12,15,23H,3-6,13-14,16H2,1-2H3. The van der Waals surface area contributed by atoms with E-state index in [1.54, 1.807) is 6.07 Å². The molecule has 1 unspecified atom stereocenters. The van der Waals surface area contributed by atoms with E-state index in [0.29, 0.717) is 49.0 Å². The first-order valence-electron chi connectivity index (χ1n) is 11.4. The quantitative estimate of drug-likeness (QED) is 0.163. The number of nitrogens with zero attached hydrogens (tertiary/aromatic N) is 2. The lowest BCUT2D eigenvalue weighted by Gasteiger charge is -2.14. The molecule has 182 valence electrons. The van der Waals surface area contributed by atoms with Crippen LogP contribution in [0.5, 0.6) is 0 Å². The Balaban J connectivity index is 1.72. The molecule has 0 amide bonds. The highest BCUT2D eigenvalue weighted by molar-refractivity contribution is 5.89. The summed E-state index contributed by atoms with van der Waals surface area (Å²) in [5.41, 5.74) is 2.95. The fraction of sp³-hybridized carbons (Fsp3) is 0.370. The molecule has 0 saturated carbocycles. The van der Waals surface area contributed by atoms with E-state index in [1.165, 1.54) is 43.3 Å². The normalized spacial score (nSPS) is 11.0. The number of aliphatic imine (C=N–C) groups is 2. The number of hydrogen-bond donors (Lipinski definition) is 0. The van der Waals surface area contributed by atoms with Crippen molar-refractivity contribution in [2.75, 3.05) is 6.61 Å². The average molecular weight is 477 g/mol. The largest absolute Gasteiger partial charge is 0.462 e. The maximum Gasteiger partial charge on any atom is 0.338 e. The van der Waals surface area contributed by atoms with Gasteiger partial charge in [0.25, 0.3) is 0 Å². The van der Waals surface area contributed by atoms with Gasteiger partial charge >= 0.3 is 5.97 Å². The van der Waals surface area contributed by atoms with Crippen LogP contribution in [-0.4, -0.2) is 36.3 Å². The molecule has 0 aliphatic rings. The van der Waals surface area contributed by atoms with Crippen molar-refractivity contribution in [3.63, 3.8) is 0 Å². The second-order valence-corrected chi connectivity index (χ2v) is 8.27. The third-order valence-corrected chi connectivity index (χ3v) is 5.58. The predicted molar refractivity (Wildman–Crippen MR) is 129 cm³/mol. The summed E-state index contributed by atoms with van der Waals surface area (Å²) >= 11 is 0. The van der Waals surface area contributed by atoms with E-state index < -0.39 is 11.9 Å². The molecule has 0 aliphatic carbocycles. The second-order valence-electron chi connectivity index (χ2n) is 8.27. The van der Waals surface area contributed by atoms with E-state index in [1.807, 2.05) is 19.1 Å². The number of carbonyl (C=O) groups excluding carboxylic acids is 5. The molecule has 0 radical (unpaired) electrons. The van der Waals surface area contributed by atoms with Crippen LogP contribution in [0.2, 0.25) is 0 Å². The topological polar surface area (TPSA) is 119 Å². The van der Waals surface area contributed by atoms with E-state index in [9.17, 15) is 24.0 Å². The monoisotopic (exact) mass is 476 g/mol. The Morgan fingerprint density at radius 3 is 2.31 bits per heavy atom. The molecule has 0 fully saturated rings. The maximum absolute atomic E-state index is 12.4. The molecule has 2 aromatic carbocycles. The fourth-order valence-corrected chi connectivity index (χ4v) is 3.55. The predicted octanol–water partition coefficient (Wildman–Crippen LogP) is 5.05. The maximum atomic E-state index is 12.4. The van der Waals surface area contributed by atoms with Crippen LogP contribution in [0.4, 0.5) is 11.4 Å². The van der Waals surface area contributed by atoms with Crippen LogP contribution < -0.4 is 0 Å². The molecule has 0 aliphatic heterocycles. The number of ether oxygens (including phenoxy) is 1. The highest BCUT2D eigenvalue weighted by atomic mass is 16.5. The number of isocyanates is 2. The first-order valence-corrected chi connectivity index (χ1v) is 11.4. The highest BCUT2D eigenvalue weighted by Gasteiger charge is 2.19. The van der Waals surface area contributed by atoms with Gasteiger partial charge in [0.15, 0.2) is 0 Å². The zero-order chi connectivity index (χ0) is 25.6. The van der Waals surface area contributed by atoms with Crippen LogP contribution in [0, 0.1) is 12.8 Å². The Morgan fingerprint density at radius 1 is 0.943 bits per heavy atom. The third kappa shape index (κ3) is 9.41. The van der Waals surface area contributed by atoms with Crippen molar-refractivity contribution in [3.05, 3.63) is 59.2 Å². The van der Waals surface area contributed by atoms with E-state index in [2.05, 4.69) is 9.98 Å². The van der Waals surface area contributed by atoms with Gasteiger partial charge in [-0.05, 0) is 81.0 Å².